The van der Waals surface area contributed by atoms with Crippen LogP contribution < -0.4 is 0 Å². The molecule has 1 heterocycles. The average molecular weight is 309 g/mol. The van der Waals surface area contributed by atoms with Crippen molar-refractivity contribution in [2.75, 3.05) is 0 Å². The highest BCUT2D eigenvalue weighted by atomic mass is 79.9. The maximum absolute atomic E-state index is 8.36. The topological polar surface area (TPSA) is 36.9 Å². The molecule has 0 aliphatic heterocycles. The quantitative estimate of drug-likeness (QED) is 0.587. The van der Waals surface area contributed by atoms with E-state index in [-0.39, 0.29) is 0 Å². The van der Waals surface area contributed by atoms with Gasteiger partial charge in [-0.1, -0.05) is 33.6 Å². The van der Waals surface area contributed by atoms with Gasteiger partial charge in [-0.25, -0.2) is 0 Å². The van der Waals surface area contributed by atoms with Crippen LogP contribution >= 0.6 is 27.5 Å². The SMILES string of the molecule is N#C/C=C/C=C(\Cl)c1cc2cc(Br)ccc2o1. The summed E-state index contributed by atoms with van der Waals surface area (Å²) in [6.45, 7) is 0. The Hall–Kier alpha value is -1.50. The molecule has 17 heavy (non-hydrogen) atoms. The van der Waals surface area contributed by atoms with E-state index in [1.807, 2.05) is 30.3 Å². The molecule has 4 heteroatoms. The van der Waals surface area contributed by atoms with E-state index in [4.69, 9.17) is 21.3 Å². The summed E-state index contributed by atoms with van der Waals surface area (Å²) in [4.78, 5) is 0. The van der Waals surface area contributed by atoms with E-state index in [1.54, 1.807) is 12.2 Å². The molecule has 0 saturated heterocycles. The number of rotatable bonds is 2. The largest absolute Gasteiger partial charge is 0.455 e. The zero-order chi connectivity index (χ0) is 12.3. The molecular weight excluding hydrogens is 302 g/mol. The minimum atomic E-state index is 0.462. The number of nitrogens with zero attached hydrogens (tertiary/aromatic N) is 1. The second kappa shape index (κ2) is 5.22. The Morgan fingerprint density at radius 1 is 1.41 bits per heavy atom. The number of benzene rings is 1. The fourth-order valence-electron chi connectivity index (χ4n) is 1.39. The van der Waals surface area contributed by atoms with Gasteiger partial charge in [0.15, 0.2) is 0 Å². The number of nitriles is 1. The van der Waals surface area contributed by atoms with Crippen LogP contribution in [0.5, 0.6) is 0 Å². The molecule has 0 bridgehead atoms. The first kappa shape index (κ1) is 12.0. The van der Waals surface area contributed by atoms with Crippen molar-refractivity contribution in [3.63, 3.8) is 0 Å². The van der Waals surface area contributed by atoms with Crippen LogP contribution in [0.4, 0.5) is 0 Å². The maximum atomic E-state index is 8.36. The van der Waals surface area contributed by atoms with Gasteiger partial charge in [0.25, 0.3) is 0 Å². The lowest BCUT2D eigenvalue weighted by molar-refractivity contribution is 0.602. The lowest BCUT2D eigenvalue weighted by Crippen LogP contribution is -1.67. The number of fused-ring (bicyclic) bond motifs is 1. The zero-order valence-electron chi connectivity index (χ0n) is 8.65. The minimum absolute atomic E-state index is 0.462. The molecular formula is C13H7BrClNO. The van der Waals surface area contributed by atoms with Crippen molar-refractivity contribution in [2.24, 2.45) is 0 Å². The summed E-state index contributed by atoms with van der Waals surface area (Å²) in [5, 5.41) is 9.80. The predicted octanol–water partition coefficient (Wildman–Crippen LogP) is 4.85. The Balaban J connectivity index is 2.40. The van der Waals surface area contributed by atoms with Crippen molar-refractivity contribution in [1.82, 2.24) is 0 Å². The number of furan rings is 1. The van der Waals surface area contributed by atoms with Gasteiger partial charge in [-0.15, -0.1) is 0 Å². The second-order valence-corrected chi connectivity index (χ2v) is 4.62. The molecule has 0 radical (unpaired) electrons. The molecule has 0 atom stereocenters. The van der Waals surface area contributed by atoms with Crippen LogP contribution in [-0.4, -0.2) is 0 Å². The molecule has 0 aliphatic carbocycles. The van der Waals surface area contributed by atoms with Crippen molar-refractivity contribution in [3.8, 4) is 6.07 Å². The third-order valence-electron chi connectivity index (χ3n) is 2.13. The van der Waals surface area contributed by atoms with Crippen LogP contribution in [0, 0.1) is 11.3 Å². The van der Waals surface area contributed by atoms with E-state index < -0.39 is 0 Å². The second-order valence-electron chi connectivity index (χ2n) is 3.30. The van der Waals surface area contributed by atoms with Gasteiger partial charge in [0.2, 0.25) is 0 Å². The Morgan fingerprint density at radius 3 is 3.00 bits per heavy atom. The first-order valence-electron chi connectivity index (χ1n) is 4.82. The maximum Gasteiger partial charge on any atom is 0.146 e. The van der Waals surface area contributed by atoms with Crippen LogP contribution in [0.25, 0.3) is 16.0 Å². The Bertz CT molecular complexity index is 649. The van der Waals surface area contributed by atoms with Crippen LogP contribution in [0.1, 0.15) is 5.76 Å². The van der Waals surface area contributed by atoms with Gasteiger partial charge in [0.05, 0.1) is 11.1 Å². The van der Waals surface area contributed by atoms with Gasteiger partial charge in [-0.05, 0) is 30.3 Å². The lowest BCUT2D eigenvalue weighted by Gasteiger charge is -1.89. The van der Waals surface area contributed by atoms with Crippen LogP contribution in [0.2, 0.25) is 0 Å². The van der Waals surface area contributed by atoms with E-state index in [1.165, 1.54) is 6.08 Å². The van der Waals surface area contributed by atoms with Crippen molar-refractivity contribution in [3.05, 3.63) is 52.7 Å². The monoisotopic (exact) mass is 307 g/mol. The standard InChI is InChI=1S/C13H7BrClNO/c14-10-4-5-12-9(7-10)8-13(17-12)11(15)3-1-2-6-16/h1-5,7-8H/b2-1+,11-3-. The van der Waals surface area contributed by atoms with Gasteiger partial charge in [0, 0.05) is 15.9 Å². The Morgan fingerprint density at radius 2 is 2.24 bits per heavy atom. The highest BCUT2D eigenvalue weighted by molar-refractivity contribution is 9.10. The summed E-state index contributed by atoms with van der Waals surface area (Å²) < 4.78 is 6.57. The molecule has 1 aromatic carbocycles. The molecule has 0 unspecified atom stereocenters. The normalized spacial score (nSPS) is 12.2. The van der Waals surface area contributed by atoms with Gasteiger partial charge in [0.1, 0.15) is 11.3 Å². The molecule has 2 rings (SSSR count). The molecule has 0 fully saturated rings. The number of halogens is 2. The third kappa shape index (κ3) is 2.79. The summed E-state index contributed by atoms with van der Waals surface area (Å²) in [5.74, 6) is 0.586. The molecule has 2 nitrogen and oxygen atoms in total. The summed E-state index contributed by atoms with van der Waals surface area (Å²) in [6.07, 6.45) is 4.55. The van der Waals surface area contributed by atoms with Crippen LogP contribution in [0.15, 0.2) is 51.4 Å². The number of allylic oxidation sites excluding steroid dienone is 3. The van der Waals surface area contributed by atoms with E-state index in [0.717, 1.165) is 15.4 Å². The predicted molar refractivity (Wildman–Crippen MR) is 72.5 cm³/mol. The fourth-order valence-corrected chi connectivity index (χ4v) is 1.93. The molecule has 0 aliphatic rings. The van der Waals surface area contributed by atoms with E-state index in [0.29, 0.717) is 10.8 Å². The molecule has 0 saturated carbocycles. The van der Waals surface area contributed by atoms with Crippen LogP contribution in [0.3, 0.4) is 0 Å². The molecule has 0 N–H and O–H groups in total. The fraction of sp³-hybridized carbons (Fsp3) is 0. The van der Waals surface area contributed by atoms with Gasteiger partial charge < -0.3 is 4.42 Å². The summed E-state index contributed by atoms with van der Waals surface area (Å²) >= 11 is 9.44. The summed E-state index contributed by atoms with van der Waals surface area (Å²) in [7, 11) is 0. The summed E-state index contributed by atoms with van der Waals surface area (Å²) in [6, 6.07) is 9.48. The first-order valence-corrected chi connectivity index (χ1v) is 5.99. The molecule has 0 spiro atoms. The van der Waals surface area contributed by atoms with E-state index in [2.05, 4.69) is 15.9 Å². The lowest BCUT2D eigenvalue weighted by atomic mass is 10.2. The van der Waals surface area contributed by atoms with E-state index >= 15 is 0 Å². The molecule has 2 aromatic rings. The van der Waals surface area contributed by atoms with Crippen LogP contribution in [-0.2, 0) is 0 Å². The van der Waals surface area contributed by atoms with Gasteiger partial charge in [-0.3, -0.25) is 0 Å². The Kier molecular flexibility index (Phi) is 3.68. The van der Waals surface area contributed by atoms with Crippen molar-refractivity contribution < 1.29 is 4.42 Å². The first-order chi connectivity index (χ1) is 8.20. The van der Waals surface area contributed by atoms with Crippen molar-refractivity contribution in [1.29, 1.82) is 5.26 Å². The van der Waals surface area contributed by atoms with Gasteiger partial charge in [-0.2, -0.15) is 5.26 Å². The van der Waals surface area contributed by atoms with Crippen molar-refractivity contribution >= 4 is 43.5 Å². The summed E-state index contributed by atoms with van der Waals surface area (Å²) in [5.41, 5.74) is 0.777. The van der Waals surface area contributed by atoms with Gasteiger partial charge >= 0.3 is 0 Å². The smallest absolute Gasteiger partial charge is 0.146 e. The number of hydrogen-bond acceptors (Lipinski definition) is 2. The van der Waals surface area contributed by atoms with Crippen molar-refractivity contribution in [2.45, 2.75) is 0 Å². The highest BCUT2D eigenvalue weighted by Gasteiger charge is 2.06. The molecule has 0 amide bonds. The zero-order valence-corrected chi connectivity index (χ0v) is 11.0. The third-order valence-corrected chi connectivity index (χ3v) is 2.93. The molecule has 1 aromatic heterocycles. The van der Waals surface area contributed by atoms with E-state index in [9.17, 15) is 0 Å². The number of hydrogen-bond donors (Lipinski definition) is 0. The average Bonchev–Trinajstić information content (AvgIpc) is 2.72. The minimum Gasteiger partial charge on any atom is -0.455 e. The Labute approximate surface area is 112 Å². The highest BCUT2D eigenvalue weighted by Crippen LogP contribution is 2.28. The molecule has 84 valence electrons.